The van der Waals surface area contributed by atoms with Crippen LogP contribution in [0.3, 0.4) is 0 Å². The highest BCUT2D eigenvalue weighted by Gasteiger charge is 2.06. The van der Waals surface area contributed by atoms with Crippen molar-refractivity contribution in [3.63, 3.8) is 0 Å². The number of nitriles is 1. The number of aliphatic hydroxyl groups is 1. The van der Waals surface area contributed by atoms with Crippen LogP contribution in [0.1, 0.15) is 22.8 Å². The van der Waals surface area contributed by atoms with Gasteiger partial charge in [-0.1, -0.05) is 42.5 Å². The van der Waals surface area contributed by atoms with Gasteiger partial charge in [0.1, 0.15) is 0 Å². The average molecular weight is 269 g/mol. The first-order valence-corrected chi connectivity index (χ1v) is 7.25. The Labute approximate surface area is 117 Å². The molecule has 0 radical (unpaired) electrons. The summed E-state index contributed by atoms with van der Waals surface area (Å²) in [4.78, 5) is 0. The molecule has 2 rings (SSSR count). The molecule has 19 heavy (non-hydrogen) atoms. The number of nitrogens with zero attached hydrogens (tertiary/aromatic N) is 1. The van der Waals surface area contributed by atoms with E-state index in [0.29, 0.717) is 11.3 Å². The van der Waals surface area contributed by atoms with Crippen molar-refractivity contribution in [1.82, 2.24) is 0 Å². The molecule has 0 aliphatic rings. The van der Waals surface area contributed by atoms with Gasteiger partial charge in [0, 0.05) is 11.5 Å². The number of aliphatic hydroxyl groups excluding tert-OH is 1. The topological polar surface area (TPSA) is 44.0 Å². The lowest BCUT2D eigenvalue weighted by molar-refractivity contribution is 0.204. The Morgan fingerprint density at radius 1 is 1.05 bits per heavy atom. The maximum Gasteiger partial charge on any atom is 0.0991 e. The summed E-state index contributed by atoms with van der Waals surface area (Å²) in [5.74, 6) is 1.51. The molecule has 0 bridgehead atoms. The fraction of sp³-hybridized carbons (Fsp3) is 0.188. The lowest BCUT2D eigenvalue weighted by Crippen LogP contribution is -2.00. The molecule has 0 aliphatic heterocycles. The summed E-state index contributed by atoms with van der Waals surface area (Å²) in [6.07, 6.45) is -0.426. The molecule has 0 fully saturated rings. The first kappa shape index (κ1) is 13.7. The summed E-state index contributed by atoms with van der Waals surface area (Å²) >= 11 is 1.69. The van der Waals surface area contributed by atoms with Crippen molar-refractivity contribution in [3.8, 4) is 6.07 Å². The molecule has 0 spiro atoms. The van der Waals surface area contributed by atoms with Crippen LogP contribution in [0.15, 0.2) is 54.6 Å². The Kier molecular flexibility index (Phi) is 5.02. The van der Waals surface area contributed by atoms with Gasteiger partial charge < -0.3 is 5.11 Å². The van der Waals surface area contributed by atoms with Crippen molar-refractivity contribution in [1.29, 1.82) is 5.26 Å². The molecular weight excluding hydrogens is 254 g/mol. The van der Waals surface area contributed by atoms with Crippen LogP contribution in [0, 0.1) is 11.3 Å². The van der Waals surface area contributed by atoms with Crippen LogP contribution >= 0.6 is 11.8 Å². The lowest BCUT2D eigenvalue weighted by atomic mass is 10.1. The largest absolute Gasteiger partial charge is 0.388 e. The molecule has 96 valence electrons. The third-order valence-electron chi connectivity index (χ3n) is 2.81. The second kappa shape index (κ2) is 6.98. The number of hydrogen-bond donors (Lipinski definition) is 1. The molecule has 2 aromatic carbocycles. The molecule has 0 amide bonds. The van der Waals surface area contributed by atoms with E-state index < -0.39 is 6.10 Å². The third kappa shape index (κ3) is 4.13. The number of benzene rings is 2. The van der Waals surface area contributed by atoms with Gasteiger partial charge in [0.2, 0.25) is 0 Å². The fourth-order valence-electron chi connectivity index (χ4n) is 1.74. The highest BCUT2D eigenvalue weighted by molar-refractivity contribution is 7.98. The third-order valence-corrected chi connectivity index (χ3v) is 3.90. The minimum absolute atomic E-state index is 0.426. The van der Waals surface area contributed by atoms with Crippen LogP contribution in [-0.4, -0.2) is 10.9 Å². The van der Waals surface area contributed by atoms with E-state index in [1.54, 1.807) is 11.8 Å². The monoisotopic (exact) mass is 269 g/mol. The Balaban J connectivity index is 1.81. The van der Waals surface area contributed by atoms with Gasteiger partial charge >= 0.3 is 0 Å². The van der Waals surface area contributed by atoms with E-state index in [2.05, 4.69) is 6.07 Å². The lowest BCUT2D eigenvalue weighted by Gasteiger charge is -2.10. The molecule has 3 heteroatoms. The molecule has 1 N–H and O–H groups in total. The second-order valence-corrected chi connectivity index (χ2v) is 5.28. The molecule has 1 atom stereocenters. The van der Waals surface area contributed by atoms with E-state index >= 15 is 0 Å². The van der Waals surface area contributed by atoms with Crippen molar-refractivity contribution in [3.05, 3.63) is 71.3 Å². The first-order chi connectivity index (χ1) is 9.29. The minimum atomic E-state index is -0.426. The van der Waals surface area contributed by atoms with Gasteiger partial charge in [-0.15, -0.1) is 0 Å². The Morgan fingerprint density at radius 2 is 1.74 bits per heavy atom. The Bertz CT molecular complexity index is 545. The zero-order chi connectivity index (χ0) is 13.5. The van der Waals surface area contributed by atoms with Crippen LogP contribution < -0.4 is 0 Å². The Hall–Kier alpha value is -1.76. The molecule has 0 aromatic heterocycles. The number of thioether (sulfide) groups is 1. The molecule has 0 saturated carbocycles. The average Bonchev–Trinajstić information content (AvgIpc) is 2.49. The van der Waals surface area contributed by atoms with Gasteiger partial charge in [0.25, 0.3) is 0 Å². The standard InChI is InChI=1S/C16H15NOS/c17-10-13-6-8-14(9-7-13)11-19-12-16(18)15-4-2-1-3-5-15/h1-9,16,18H,11-12H2/t16-/m1/s1. The second-order valence-electron chi connectivity index (χ2n) is 4.25. The van der Waals surface area contributed by atoms with Gasteiger partial charge in [-0.3, -0.25) is 0 Å². The van der Waals surface area contributed by atoms with Crippen LogP contribution in [0.4, 0.5) is 0 Å². The fourth-order valence-corrected chi connectivity index (χ4v) is 2.70. The molecule has 0 heterocycles. The quantitative estimate of drug-likeness (QED) is 0.903. The van der Waals surface area contributed by atoms with Gasteiger partial charge in [-0.2, -0.15) is 17.0 Å². The van der Waals surface area contributed by atoms with Crippen LogP contribution in [0.5, 0.6) is 0 Å². The van der Waals surface area contributed by atoms with Crippen molar-refractivity contribution in [2.75, 3.05) is 5.75 Å². The normalized spacial score (nSPS) is 11.8. The van der Waals surface area contributed by atoms with Crippen molar-refractivity contribution < 1.29 is 5.11 Å². The molecule has 0 unspecified atom stereocenters. The highest BCUT2D eigenvalue weighted by Crippen LogP contribution is 2.21. The molecular formula is C16H15NOS. The van der Waals surface area contributed by atoms with Gasteiger partial charge in [-0.05, 0) is 23.3 Å². The van der Waals surface area contributed by atoms with E-state index in [-0.39, 0.29) is 0 Å². The zero-order valence-corrected chi connectivity index (χ0v) is 11.3. The van der Waals surface area contributed by atoms with Crippen LogP contribution in [0.25, 0.3) is 0 Å². The minimum Gasteiger partial charge on any atom is -0.388 e. The van der Waals surface area contributed by atoms with Crippen molar-refractivity contribution in [2.24, 2.45) is 0 Å². The summed E-state index contributed by atoms with van der Waals surface area (Å²) in [5.41, 5.74) is 2.80. The summed E-state index contributed by atoms with van der Waals surface area (Å²) < 4.78 is 0. The molecule has 0 aliphatic carbocycles. The number of hydrogen-bond acceptors (Lipinski definition) is 3. The van der Waals surface area contributed by atoms with Crippen molar-refractivity contribution >= 4 is 11.8 Å². The van der Waals surface area contributed by atoms with E-state index in [0.717, 1.165) is 11.3 Å². The summed E-state index contributed by atoms with van der Waals surface area (Å²) in [5, 5.41) is 18.7. The first-order valence-electron chi connectivity index (χ1n) is 6.09. The SMILES string of the molecule is N#Cc1ccc(CSC[C@@H](O)c2ccccc2)cc1. The van der Waals surface area contributed by atoms with E-state index in [4.69, 9.17) is 5.26 Å². The van der Waals surface area contributed by atoms with E-state index in [1.807, 2.05) is 54.6 Å². The maximum atomic E-state index is 10.0. The molecule has 2 aromatic rings. The van der Waals surface area contributed by atoms with Gasteiger partial charge in [0.05, 0.1) is 17.7 Å². The predicted molar refractivity (Wildman–Crippen MR) is 78.7 cm³/mol. The zero-order valence-electron chi connectivity index (χ0n) is 10.5. The van der Waals surface area contributed by atoms with E-state index in [1.165, 1.54) is 5.56 Å². The highest BCUT2D eigenvalue weighted by atomic mass is 32.2. The van der Waals surface area contributed by atoms with Gasteiger partial charge in [-0.25, -0.2) is 0 Å². The predicted octanol–water partition coefficient (Wildman–Crippen LogP) is 3.53. The maximum absolute atomic E-state index is 10.0. The smallest absolute Gasteiger partial charge is 0.0991 e. The van der Waals surface area contributed by atoms with Crippen LogP contribution in [0.2, 0.25) is 0 Å². The van der Waals surface area contributed by atoms with Crippen LogP contribution in [-0.2, 0) is 5.75 Å². The molecule has 2 nitrogen and oxygen atoms in total. The molecule has 0 saturated heterocycles. The summed E-state index contributed by atoms with van der Waals surface area (Å²) in [6.45, 7) is 0. The summed E-state index contributed by atoms with van der Waals surface area (Å²) in [7, 11) is 0. The Morgan fingerprint density at radius 3 is 2.37 bits per heavy atom. The van der Waals surface area contributed by atoms with Crippen molar-refractivity contribution in [2.45, 2.75) is 11.9 Å². The van der Waals surface area contributed by atoms with Gasteiger partial charge in [0.15, 0.2) is 0 Å². The number of rotatable bonds is 5. The van der Waals surface area contributed by atoms with E-state index in [9.17, 15) is 5.11 Å². The summed E-state index contributed by atoms with van der Waals surface area (Å²) in [6, 6.07) is 19.4.